The molecule has 0 spiro atoms. The number of methoxy groups -OCH3 is 1. The molecule has 4 heteroatoms. The fourth-order valence-corrected chi connectivity index (χ4v) is 1.51. The van der Waals surface area contributed by atoms with Gasteiger partial charge in [-0.3, -0.25) is 14.4 Å². The van der Waals surface area contributed by atoms with Crippen LogP contribution in [0.5, 0.6) is 0 Å². The molecule has 0 aliphatic rings. The summed E-state index contributed by atoms with van der Waals surface area (Å²) in [7, 11) is 1.22. The van der Waals surface area contributed by atoms with E-state index in [1.807, 2.05) is 6.92 Å². The molecule has 15 heavy (non-hydrogen) atoms. The van der Waals surface area contributed by atoms with Gasteiger partial charge in [0.25, 0.3) is 0 Å². The molecule has 2 unspecified atom stereocenters. The first-order chi connectivity index (χ1) is 6.95. The van der Waals surface area contributed by atoms with E-state index in [9.17, 15) is 14.4 Å². The van der Waals surface area contributed by atoms with E-state index in [2.05, 4.69) is 4.74 Å². The number of ether oxygens (including phenoxy) is 1. The predicted octanol–water partition coefficient (Wildman–Crippen LogP) is 1.37. The first-order valence-corrected chi connectivity index (χ1v) is 5.06. The quantitative estimate of drug-likeness (QED) is 0.495. The summed E-state index contributed by atoms with van der Waals surface area (Å²) < 4.78 is 4.51. The van der Waals surface area contributed by atoms with Crippen molar-refractivity contribution in [3.63, 3.8) is 0 Å². The average molecular weight is 214 g/mol. The average Bonchev–Trinajstić information content (AvgIpc) is 2.17. The highest BCUT2D eigenvalue weighted by molar-refractivity contribution is 6.02. The molecule has 0 aromatic heterocycles. The third-order valence-electron chi connectivity index (χ3n) is 2.40. The largest absolute Gasteiger partial charge is 0.468 e. The Labute approximate surface area is 90.0 Å². The van der Waals surface area contributed by atoms with Gasteiger partial charge in [0.1, 0.15) is 17.5 Å². The maximum atomic E-state index is 11.5. The Hall–Kier alpha value is -1.19. The lowest BCUT2D eigenvalue weighted by Gasteiger charge is -2.17. The second-order valence-electron chi connectivity index (χ2n) is 3.62. The van der Waals surface area contributed by atoms with E-state index in [0.717, 1.165) is 6.42 Å². The number of ketones is 2. The van der Waals surface area contributed by atoms with E-state index in [1.54, 1.807) is 6.92 Å². The van der Waals surface area contributed by atoms with Gasteiger partial charge in [-0.15, -0.1) is 0 Å². The summed E-state index contributed by atoms with van der Waals surface area (Å²) >= 11 is 0. The van der Waals surface area contributed by atoms with Crippen molar-refractivity contribution in [2.45, 2.75) is 33.6 Å². The molecule has 0 radical (unpaired) electrons. The van der Waals surface area contributed by atoms with Crippen LogP contribution in [0.15, 0.2) is 0 Å². The molecule has 0 saturated carbocycles. The number of esters is 1. The Morgan fingerprint density at radius 1 is 1.27 bits per heavy atom. The van der Waals surface area contributed by atoms with Crippen LogP contribution >= 0.6 is 0 Å². The molecule has 2 atom stereocenters. The maximum absolute atomic E-state index is 11.5. The van der Waals surface area contributed by atoms with Crippen LogP contribution in [0.3, 0.4) is 0 Å². The summed E-state index contributed by atoms with van der Waals surface area (Å²) in [5.41, 5.74) is 0. The highest BCUT2D eigenvalue weighted by Gasteiger charge is 2.33. The van der Waals surface area contributed by atoms with Crippen LogP contribution < -0.4 is 0 Å². The lowest BCUT2D eigenvalue weighted by Crippen LogP contribution is -2.33. The van der Waals surface area contributed by atoms with Gasteiger partial charge in [-0.2, -0.15) is 0 Å². The summed E-state index contributed by atoms with van der Waals surface area (Å²) in [6.07, 6.45) is 1.11. The fourth-order valence-electron chi connectivity index (χ4n) is 1.51. The molecule has 0 aliphatic carbocycles. The highest BCUT2D eigenvalue weighted by Crippen LogP contribution is 2.17. The SMILES string of the molecule is CCCC(=O)C(C)C(C(C)=O)C(=O)OC. The van der Waals surface area contributed by atoms with E-state index in [-0.39, 0.29) is 11.6 Å². The second kappa shape index (κ2) is 6.32. The summed E-state index contributed by atoms with van der Waals surface area (Å²) in [6, 6.07) is 0. The number of Topliss-reactive ketones (excluding diaryl/α,β-unsaturated/α-hetero) is 2. The number of carbonyl (C=O) groups excluding carboxylic acids is 3. The van der Waals surface area contributed by atoms with Gasteiger partial charge in [0.2, 0.25) is 0 Å². The second-order valence-corrected chi connectivity index (χ2v) is 3.62. The number of rotatable bonds is 6. The van der Waals surface area contributed by atoms with E-state index >= 15 is 0 Å². The van der Waals surface area contributed by atoms with E-state index in [4.69, 9.17) is 0 Å². The Kier molecular flexibility index (Phi) is 5.82. The van der Waals surface area contributed by atoms with Crippen molar-refractivity contribution in [2.24, 2.45) is 11.8 Å². The van der Waals surface area contributed by atoms with Crippen LogP contribution in [0, 0.1) is 11.8 Å². The first-order valence-electron chi connectivity index (χ1n) is 5.06. The van der Waals surface area contributed by atoms with Crippen molar-refractivity contribution in [1.82, 2.24) is 0 Å². The third kappa shape index (κ3) is 3.81. The van der Waals surface area contributed by atoms with E-state index < -0.39 is 17.8 Å². The molecule has 0 bridgehead atoms. The van der Waals surface area contributed by atoms with Gasteiger partial charge >= 0.3 is 5.97 Å². The molecule has 0 amide bonds. The highest BCUT2D eigenvalue weighted by atomic mass is 16.5. The van der Waals surface area contributed by atoms with Gasteiger partial charge < -0.3 is 4.74 Å². The maximum Gasteiger partial charge on any atom is 0.316 e. The molecule has 0 aliphatic heterocycles. The minimum absolute atomic E-state index is 0.0666. The number of hydrogen-bond acceptors (Lipinski definition) is 4. The van der Waals surface area contributed by atoms with Crippen molar-refractivity contribution >= 4 is 17.5 Å². The molecular weight excluding hydrogens is 196 g/mol. The zero-order chi connectivity index (χ0) is 12.0. The molecule has 0 aromatic rings. The molecule has 0 heterocycles. The lowest BCUT2D eigenvalue weighted by molar-refractivity contribution is -0.153. The van der Waals surface area contributed by atoms with Gasteiger partial charge in [-0.05, 0) is 13.3 Å². The standard InChI is InChI=1S/C11H18O4/c1-5-6-9(13)7(2)10(8(3)12)11(14)15-4/h7,10H,5-6H2,1-4H3. The van der Waals surface area contributed by atoms with Crippen LogP contribution in [-0.4, -0.2) is 24.6 Å². The topological polar surface area (TPSA) is 60.4 Å². The van der Waals surface area contributed by atoms with Gasteiger partial charge in [0.05, 0.1) is 7.11 Å². The van der Waals surface area contributed by atoms with Crippen molar-refractivity contribution < 1.29 is 19.1 Å². The van der Waals surface area contributed by atoms with Crippen LogP contribution in [0.25, 0.3) is 0 Å². The zero-order valence-corrected chi connectivity index (χ0v) is 9.70. The van der Waals surface area contributed by atoms with Crippen LogP contribution in [0.4, 0.5) is 0 Å². The lowest BCUT2D eigenvalue weighted by atomic mass is 9.86. The van der Waals surface area contributed by atoms with E-state index in [1.165, 1.54) is 14.0 Å². The molecule has 4 nitrogen and oxygen atoms in total. The molecular formula is C11H18O4. The van der Waals surface area contributed by atoms with Crippen LogP contribution in [0.2, 0.25) is 0 Å². The molecule has 0 rings (SSSR count). The number of carbonyl (C=O) groups is 3. The van der Waals surface area contributed by atoms with Gasteiger partial charge in [0.15, 0.2) is 0 Å². The summed E-state index contributed by atoms with van der Waals surface area (Å²) in [4.78, 5) is 34.1. The fraction of sp³-hybridized carbons (Fsp3) is 0.727. The van der Waals surface area contributed by atoms with Crippen molar-refractivity contribution in [3.8, 4) is 0 Å². The summed E-state index contributed by atoms with van der Waals surface area (Å²) in [5.74, 6) is -2.55. The normalized spacial score (nSPS) is 14.1. The third-order valence-corrected chi connectivity index (χ3v) is 2.40. The van der Waals surface area contributed by atoms with Crippen molar-refractivity contribution in [1.29, 1.82) is 0 Å². The van der Waals surface area contributed by atoms with Crippen molar-refractivity contribution in [2.75, 3.05) is 7.11 Å². The van der Waals surface area contributed by atoms with E-state index in [0.29, 0.717) is 6.42 Å². The van der Waals surface area contributed by atoms with Gasteiger partial charge in [0, 0.05) is 12.3 Å². The molecule has 0 aromatic carbocycles. The first kappa shape index (κ1) is 13.8. The molecule has 0 N–H and O–H groups in total. The summed E-state index contributed by atoms with van der Waals surface area (Å²) in [5, 5.41) is 0. The van der Waals surface area contributed by atoms with Crippen molar-refractivity contribution in [3.05, 3.63) is 0 Å². The van der Waals surface area contributed by atoms with Gasteiger partial charge in [-0.1, -0.05) is 13.8 Å². The molecule has 86 valence electrons. The number of hydrogen-bond donors (Lipinski definition) is 0. The monoisotopic (exact) mass is 214 g/mol. The Balaban J connectivity index is 4.70. The minimum Gasteiger partial charge on any atom is -0.468 e. The van der Waals surface area contributed by atoms with Crippen LogP contribution in [-0.2, 0) is 19.1 Å². The zero-order valence-electron chi connectivity index (χ0n) is 9.70. The predicted molar refractivity (Wildman–Crippen MR) is 55.3 cm³/mol. The Bertz CT molecular complexity index is 257. The smallest absolute Gasteiger partial charge is 0.316 e. The Morgan fingerprint density at radius 3 is 2.13 bits per heavy atom. The molecule has 0 saturated heterocycles. The Morgan fingerprint density at radius 2 is 1.80 bits per heavy atom. The summed E-state index contributed by atoms with van der Waals surface area (Å²) in [6.45, 7) is 4.78. The van der Waals surface area contributed by atoms with Crippen LogP contribution in [0.1, 0.15) is 33.6 Å². The molecule has 0 fully saturated rings. The van der Waals surface area contributed by atoms with Gasteiger partial charge in [-0.25, -0.2) is 0 Å². The minimum atomic E-state index is -0.950.